The van der Waals surface area contributed by atoms with Gasteiger partial charge in [0, 0.05) is 0 Å². The third kappa shape index (κ3) is 5.25. The molecule has 0 aliphatic heterocycles. The van der Waals surface area contributed by atoms with Gasteiger partial charge in [0.05, 0.1) is 0 Å². The zero-order valence-electron chi connectivity index (χ0n) is 12.5. The van der Waals surface area contributed by atoms with Crippen LogP contribution in [0.3, 0.4) is 0 Å². The summed E-state index contributed by atoms with van der Waals surface area (Å²) in [6, 6.07) is 11.0. The van der Waals surface area contributed by atoms with Gasteiger partial charge in [0.15, 0.2) is 0 Å². The van der Waals surface area contributed by atoms with Crippen LogP contribution in [0, 0.1) is 11.8 Å². The summed E-state index contributed by atoms with van der Waals surface area (Å²) >= 11 is 0. The molecule has 0 heterocycles. The first-order valence-corrected chi connectivity index (χ1v) is 7.92. The van der Waals surface area contributed by atoms with Crippen molar-refractivity contribution < 1.29 is 0 Å². The Morgan fingerprint density at radius 1 is 0.889 bits per heavy atom. The molecule has 1 aliphatic rings. The molecule has 0 bridgehead atoms. The Kier molecular flexibility index (Phi) is 7.80. The highest BCUT2D eigenvalue weighted by Crippen LogP contribution is 2.33. The van der Waals surface area contributed by atoms with Gasteiger partial charge >= 0.3 is 0 Å². The molecule has 0 amide bonds. The van der Waals surface area contributed by atoms with Gasteiger partial charge in [-0.05, 0) is 36.7 Å². The molecule has 0 radical (unpaired) electrons. The van der Waals surface area contributed by atoms with Crippen molar-refractivity contribution in [1.82, 2.24) is 0 Å². The zero-order chi connectivity index (χ0) is 13.2. The van der Waals surface area contributed by atoms with Crippen molar-refractivity contribution in [3.63, 3.8) is 0 Å². The molecule has 0 saturated heterocycles. The van der Waals surface area contributed by atoms with Gasteiger partial charge in [0.25, 0.3) is 0 Å². The SMILES string of the molecule is CC.CCCC1CCC(Cc2ccccc2)CC1. The maximum absolute atomic E-state index is 2.32. The third-order valence-corrected chi connectivity index (χ3v) is 4.03. The lowest BCUT2D eigenvalue weighted by Crippen LogP contribution is -2.16. The first-order chi connectivity index (χ1) is 8.88. The summed E-state index contributed by atoms with van der Waals surface area (Å²) in [6.45, 7) is 6.32. The second-order valence-corrected chi connectivity index (χ2v) is 5.37. The fourth-order valence-corrected chi connectivity index (χ4v) is 3.08. The van der Waals surface area contributed by atoms with Gasteiger partial charge < -0.3 is 0 Å². The quantitative estimate of drug-likeness (QED) is 0.624. The third-order valence-electron chi connectivity index (χ3n) is 4.03. The maximum Gasteiger partial charge on any atom is -0.0250 e. The summed E-state index contributed by atoms with van der Waals surface area (Å²) in [5.74, 6) is 1.99. The molecule has 18 heavy (non-hydrogen) atoms. The van der Waals surface area contributed by atoms with Crippen molar-refractivity contribution in [2.45, 2.75) is 65.7 Å². The van der Waals surface area contributed by atoms with Crippen molar-refractivity contribution in [3.05, 3.63) is 35.9 Å². The predicted octanol–water partition coefficient (Wildman–Crippen LogP) is 5.86. The van der Waals surface area contributed by atoms with Crippen LogP contribution < -0.4 is 0 Å². The van der Waals surface area contributed by atoms with Gasteiger partial charge in [-0.3, -0.25) is 0 Å². The highest BCUT2D eigenvalue weighted by atomic mass is 14.3. The molecule has 1 fully saturated rings. The van der Waals surface area contributed by atoms with Gasteiger partial charge in [-0.25, -0.2) is 0 Å². The van der Waals surface area contributed by atoms with Crippen LogP contribution in [0.4, 0.5) is 0 Å². The van der Waals surface area contributed by atoms with Crippen LogP contribution in [0.25, 0.3) is 0 Å². The van der Waals surface area contributed by atoms with Crippen LogP contribution in [-0.2, 0) is 6.42 Å². The van der Waals surface area contributed by atoms with Crippen LogP contribution in [-0.4, -0.2) is 0 Å². The van der Waals surface area contributed by atoms with Crippen molar-refractivity contribution in [1.29, 1.82) is 0 Å². The molecule has 0 heteroatoms. The Bertz CT molecular complexity index is 280. The largest absolute Gasteiger partial charge is 0.0683 e. The van der Waals surface area contributed by atoms with E-state index < -0.39 is 0 Å². The summed E-state index contributed by atoms with van der Waals surface area (Å²) < 4.78 is 0. The smallest absolute Gasteiger partial charge is 0.0250 e. The summed E-state index contributed by atoms with van der Waals surface area (Å²) in [5, 5.41) is 0. The van der Waals surface area contributed by atoms with E-state index in [9.17, 15) is 0 Å². The van der Waals surface area contributed by atoms with E-state index in [0.29, 0.717) is 0 Å². The Morgan fingerprint density at radius 2 is 1.44 bits per heavy atom. The van der Waals surface area contributed by atoms with Crippen LogP contribution in [0.1, 0.15) is 64.9 Å². The molecule has 0 unspecified atom stereocenters. The zero-order valence-corrected chi connectivity index (χ0v) is 12.5. The topological polar surface area (TPSA) is 0 Å². The Hall–Kier alpha value is -0.780. The van der Waals surface area contributed by atoms with E-state index >= 15 is 0 Å². The monoisotopic (exact) mass is 246 g/mol. The van der Waals surface area contributed by atoms with Crippen molar-refractivity contribution in [2.24, 2.45) is 11.8 Å². The molecule has 0 atom stereocenters. The van der Waals surface area contributed by atoms with Gasteiger partial charge in [-0.2, -0.15) is 0 Å². The molecule has 0 nitrogen and oxygen atoms in total. The van der Waals surface area contributed by atoms with E-state index in [1.54, 1.807) is 0 Å². The van der Waals surface area contributed by atoms with Gasteiger partial charge in [0.1, 0.15) is 0 Å². The first kappa shape index (κ1) is 15.3. The molecule has 0 spiro atoms. The van der Waals surface area contributed by atoms with Crippen molar-refractivity contribution >= 4 is 0 Å². The summed E-state index contributed by atoms with van der Waals surface area (Å²) in [6.07, 6.45) is 10.0. The molecular weight excluding hydrogens is 216 g/mol. The number of hydrogen-bond donors (Lipinski definition) is 0. The molecule has 0 aromatic heterocycles. The molecule has 1 aliphatic carbocycles. The highest BCUT2D eigenvalue weighted by Gasteiger charge is 2.20. The van der Waals surface area contributed by atoms with Crippen LogP contribution in [0.2, 0.25) is 0 Å². The molecule has 102 valence electrons. The lowest BCUT2D eigenvalue weighted by molar-refractivity contribution is 0.261. The average Bonchev–Trinajstić information content (AvgIpc) is 2.45. The number of benzene rings is 1. The standard InChI is InChI=1S/C16H24.C2H6/c1-2-6-14-9-11-16(12-10-14)13-15-7-4-3-5-8-15;1-2/h3-5,7-8,14,16H,2,6,9-13H2,1H3;1-2H3. The van der Waals surface area contributed by atoms with E-state index in [1.807, 2.05) is 13.8 Å². The molecule has 1 saturated carbocycles. The second kappa shape index (κ2) is 9.19. The van der Waals surface area contributed by atoms with Crippen molar-refractivity contribution in [3.8, 4) is 0 Å². The molecular formula is C18H30. The Morgan fingerprint density at radius 3 is 2.00 bits per heavy atom. The van der Waals surface area contributed by atoms with E-state index in [0.717, 1.165) is 11.8 Å². The minimum atomic E-state index is 0.954. The van der Waals surface area contributed by atoms with E-state index in [2.05, 4.69) is 37.3 Å². The molecule has 2 rings (SSSR count). The van der Waals surface area contributed by atoms with Crippen LogP contribution in [0.5, 0.6) is 0 Å². The van der Waals surface area contributed by atoms with Crippen molar-refractivity contribution in [2.75, 3.05) is 0 Å². The van der Waals surface area contributed by atoms with Gasteiger partial charge in [-0.1, -0.05) is 76.8 Å². The minimum Gasteiger partial charge on any atom is -0.0683 e. The Balaban J connectivity index is 0.000000771. The summed E-state index contributed by atoms with van der Waals surface area (Å²) in [5.41, 5.74) is 1.53. The van der Waals surface area contributed by atoms with Crippen LogP contribution in [0.15, 0.2) is 30.3 Å². The lowest BCUT2D eigenvalue weighted by atomic mass is 9.78. The maximum atomic E-state index is 2.32. The van der Waals surface area contributed by atoms with Crippen LogP contribution >= 0.6 is 0 Å². The molecule has 0 N–H and O–H groups in total. The highest BCUT2D eigenvalue weighted by molar-refractivity contribution is 5.15. The fourth-order valence-electron chi connectivity index (χ4n) is 3.08. The van der Waals surface area contributed by atoms with E-state index in [4.69, 9.17) is 0 Å². The fraction of sp³-hybridized carbons (Fsp3) is 0.667. The van der Waals surface area contributed by atoms with E-state index in [-0.39, 0.29) is 0 Å². The molecule has 1 aromatic carbocycles. The lowest BCUT2D eigenvalue weighted by Gasteiger charge is -2.28. The first-order valence-electron chi connectivity index (χ1n) is 7.92. The van der Waals surface area contributed by atoms with Gasteiger partial charge in [0.2, 0.25) is 0 Å². The molecule has 1 aromatic rings. The minimum absolute atomic E-state index is 0.954. The average molecular weight is 246 g/mol. The predicted molar refractivity (Wildman–Crippen MR) is 81.9 cm³/mol. The normalized spacial score (nSPS) is 23.1. The summed E-state index contributed by atoms with van der Waals surface area (Å²) in [4.78, 5) is 0. The second-order valence-electron chi connectivity index (χ2n) is 5.37. The van der Waals surface area contributed by atoms with Gasteiger partial charge in [-0.15, -0.1) is 0 Å². The number of hydrogen-bond acceptors (Lipinski definition) is 0. The Labute approximate surface area is 114 Å². The number of rotatable bonds is 4. The van der Waals surface area contributed by atoms with E-state index in [1.165, 1.54) is 50.5 Å². The summed E-state index contributed by atoms with van der Waals surface area (Å²) in [7, 11) is 0.